The van der Waals surface area contributed by atoms with Gasteiger partial charge in [0.1, 0.15) is 19.3 Å². The largest absolute Gasteiger partial charge is 0.472 e. The summed E-state index contributed by atoms with van der Waals surface area (Å²) >= 11 is 0. The zero-order chi connectivity index (χ0) is 69.1. The summed E-state index contributed by atoms with van der Waals surface area (Å²) in [5.41, 5.74) is 0. The van der Waals surface area contributed by atoms with Crippen molar-refractivity contribution >= 4 is 39.5 Å². The molecule has 17 nitrogen and oxygen atoms in total. The van der Waals surface area contributed by atoms with E-state index in [2.05, 4.69) is 58.9 Å². The van der Waals surface area contributed by atoms with Crippen LogP contribution in [0.25, 0.3) is 0 Å². The first kappa shape index (κ1) is 91.5. The number of phosphoric ester groups is 2. The predicted octanol–water partition coefficient (Wildman–Crippen LogP) is 21.6. The van der Waals surface area contributed by atoms with Crippen molar-refractivity contribution in [2.45, 2.75) is 387 Å². The van der Waals surface area contributed by atoms with Gasteiger partial charge in [0.15, 0.2) is 12.2 Å². The Labute approximate surface area is 573 Å². The summed E-state index contributed by atoms with van der Waals surface area (Å²) in [6.07, 6.45) is 59.0. The molecule has 2 unspecified atom stereocenters. The third kappa shape index (κ3) is 68.1. The molecule has 0 radical (unpaired) electrons. The van der Waals surface area contributed by atoms with Crippen LogP contribution in [-0.2, 0) is 65.4 Å². The Morgan fingerprint density at radius 3 is 0.872 bits per heavy atom. The lowest BCUT2D eigenvalue weighted by molar-refractivity contribution is -0.161. The van der Waals surface area contributed by atoms with Crippen LogP contribution in [0, 0.1) is 5.92 Å². The van der Waals surface area contributed by atoms with Crippen molar-refractivity contribution in [3.8, 4) is 0 Å². The van der Waals surface area contributed by atoms with Crippen molar-refractivity contribution in [1.82, 2.24) is 0 Å². The number of phosphoric acid groups is 2. The maximum atomic E-state index is 13.1. The van der Waals surface area contributed by atoms with Gasteiger partial charge in [0.05, 0.1) is 26.4 Å². The smallest absolute Gasteiger partial charge is 0.462 e. The molecule has 0 saturated carbocycles. The van der Waals surface area contributed by atoms with Gasteiger partial charge in [-0.3, -0.25) is 37.3 Å². The number of carbonyl (C=O) groups is 4. The van der Waals surface area contributed by atoms with Gasteiger partial charge < -0.3 is 33.8 Å². The molecule has 554 valence electrons. The fraction of sp³-hybridized carbons (Fsp3) is 0.893. The van der Waals surface area contributed by atoms with E-state index in [4.69, 9.17) is 37.0 Å². The SMILES string of the molecule is CCCCCC/C=C\C=C/CCCCCCCC(=O)O[C@H](COC(=O)CCCCCCCCCCCCCCCCC)COP(=O)(O)OC[C@@H](O)COP(=O)(O)OC[C@@H](COC(=O)CCCCCCCCCC(C)C)OC(=O)CCCCCCCCCCCCCCCC. The number of hydrogen-bond donors (Lipinski definition) is 3. The third-order valence-electron chi connectivity index (χ3n) is 16.9. The molecule has 19 heteroatoms. The van der Waals surface area contributed by atoms with Gasteiger partial charge in [-0.1, -0.05) is 316 Å². The van der Waals surface area contributed by atoms with E-state index in [0.29, 0.717) is 31.6 Å². The minimum absolute atomic E-state index is 0.0856. The zero-order valence-electron chi connectivity index (χ0n) is 60.6. The molecule has 0 heterocycles. The summed E-state index contributed by atoms with van der Waals surface area (Å²) < 4.78 is 68.4. The van der Waals surface area contributed by atoms with E-state index in [0.717, 1.165) is 109 Å². The van der Waals surface area contributed by atoms with Crippen LogP contribution in [0.15, 0.2) is 24.3 Å². The molecule has 0 aromatic rings. The summed E-state index contributed by atoms with van der Waals surface area (Å²) in [6, 6.07) is 0. The van der Waals surface area contributed by atoms with E-state index < -0.39 is 97.5 Å². The van der Waals surface area contributed by atoms with Crippen molar-refractivity contribution in [2.75, 3.05) is 39.6 Å². The van der Waals surface area contributed by atoms with Crippen molar-refractivity contribution in [3.05, 3.63) is 24.3 Å². The maximum absolute atomic E-state index is 13.1. The van der Waals surface area contributed by atoms with Crippen LogP contribution in [0.2, 0.25) is 0 Å². The second-order valence-electron chi connectivity index (χ2n) is 26.8. The summed E-state index contributed by atoms with van der Waals surface area (Å²) in [6.45, 7) is 7.17. The predicted molar refractivity (Wildman–Crippen MR) is 381 cm³/mol. The van der Waals surface area contributed by atoms with Crippen molar-refractivity contribution in [3.63, 3.8) is 0 Å². The van der Waals surface area contributed by atoms with E-state index in [1.54, 1.807) is 0 Å². The van der Waals surface area contributed by atoms with Crippen LogP contribution in [0.1, 0.15) is 369 Å². The Balaban J connectivity index is 5.28. The number of carbonyl (C=O) groups excluding carboxylic acids is 4. The van der Waals surface area contributed by atoms with E-state index in [1.165, 1.54) is 173 Å². The topological polar surface area (TPSA) is 237 Å². The molecule has 0 rings (SSSR count). The van der Waals surface area contributed by atoms with Crippen LogP contribution < -0.4 is 0 Å². The molecule has 0 aliphatic rings. The highest BCUT2D eigenvalue weighted by Crippen LogP contribution is 2.45. The van der Waals surface area contributed by atoms with Gasteiger partial charge in [-0.25, -0.2) is 9.13 Å². The Bertz CT molecular complexity index is 1900. The molecule has 94 heavy (non-hydrogen) atoms. The van der Waals surface area contributed by atoms with Crippen LogP contribution in [0.5, 0.6) is 0 Å². The summed E-state index contributed by atoms with van der Waals surface area (Å²) in [4.78, 5) is 72.7. The number of hydrogen-bond acceptors (Lipinski definition) is 15. The highest BCUT2D eigenvalue weighted by atomic mass is 31.2. The molecule has 0 aromatic carbocycles. The van der Waals surface area contributed by atoms with Crippen molar-refractivity contribution in [2.24, 2.45) is 5.92 Å². The molecule has 0 amide bonds. The molecule has 0 aromatic heterocycles. The van der Waals surface area contributed by atoms with Gasteiger partial charge in [-0.05, 0) is 57.3 Å². The lowest BCUT2D eigenvalue weighted by Gasteiger charge is -2.21. The Morgan fingerprint density at radius 1 is 0.330 bits per heavy atom. The number of rotatable bonds is 73. The molecular formula is C75H142O17P2. The molecule has 0 aliphatic heterocycles. The minimum Gasteiger partial charge on any atom is -0.462 e. The number of ether oxygens (including phenoxy) is 4. The normalized spacial score (nSPS) is 14.1. The highest BCUT2D eigenvalue weighted by Gasteiger charge is 2.30. The average molecular weight is 1380 g/mol. The van der Waals surface area contributed by atoms with Gasteiger partial charge in [0.2, 0.25) is 0 Å². The van der Waals surface area contributed by atoms with Crippen molar-refractivity contribution < 1.29 is 80.2 Å². The molecule has 0 aliphatic carbocycles. The monoisotopic (exact) mass is 1380 g/mol. The first-order valence-corrected chi connectivity index (χ1v) is 41.4. The van der Waals surface area contributed by atoms with Gasteiger partial charge >= 0.3 is 39.5 Å². The molecule has 0 bridgehead atoms. The number of allylic oxidation sites excluding steroid dienone is 4. The van der Waals surface area contributed by atoms with Crippen LogP contribution in [0.3, 0.4) is 0 Å². The van der Waals surface area contributed by atoms with Gasteiger partial charge in [-0.2, -0.15) is 0 Å². The second kappa shape index (κ2) is 67.7. The summed E-state index contributed by atoms with van der Waals surface area (Å²) in [7, 11) is -9.92. The number of unbranched alkanes of at least 4 members (excludes halogenated alkanes) is 42. The van der Waals surface area contributed by atoms with Crippen LogP contribution in [-0.4, -0.2) is 96.7 Å². The van der Waals surface area contributed by atoms with E-state index >= 15 is 0 Å². The Morgan fingerprint density at radius 2 is 0.574 bits per heavy atom. The number of aliphatic hydroxyl groups is 1. The lowest BCUT2D eigenvalue weighted by Crippen LogP contribution is -2.30. The van der Waals surface area contributed by atoms with E-state index in [9.17, 15) is 43.2 Å². The lowest BCUT2D eigenvalue weighted by atomic mass is 10.0. The molecule has 0 spiro atoms. The Kier molecular flexibility index (Phi) is 65.9. The molecular weight excluding hydrogens is 1230 g/mol. The van der Waals surface area contributed by atoms with Crippen LogP contribution >= 0.6 is 15.6 Å². The summed E-state index contributed by atoms with van der Waals surface area (Å²) in [5, 5.41) is 10.6. The number of esters is 4. The van der Waals surface area contributed by atoms with E-state index in [1.807, 2.05) is 0 Å². The first-order chi connectivity index (χ1) is 45.5. The van der Waals surface area contributed by atoms with Gasteiger partial charge in [0.25, 0.3) is 0 Å². The Hall–Kier alpha value is -2.46. The first-order valence-electron chi connectivity index (χ1n) is 38.5. The molecule has 3 N–H and O–H groups in total. The highest BCUT2D eigenvalue weighted by molar-refractivity contribution is 7.47. The van der Waals surface area contributed by atoms with Crippen molar-refractivity contribution in [1.29, 1.82) is 0 Å². The molecule has 0 saturated heterocycles. The second-order valence-corrected chi connectivity index (χ2v) is 29.7. The van der Waals surface area contributed by atoms with E-state index in [-0.39, 0.29) is 25.7 Å². The minimum atomic E-state index is -4.96. The third-order valence-corrected chi connectivity index (χ3v) is 18.8. The maximum Gasteiger partial charge on any atom is 0.472 e. The van der Waals surface area contributed by atoms with Gasteiger partial charge in [-0.15, -0.1) is 0 Å². The van der Waals surface area contributed by atoms with Crippen LogP contribution in [0.4, 0.5) is 0 Å². The zero-order valence-corrected chi connectivity index (χ0v) is 62.4. The summed E-state index contributed by atoms with van der Waals surface area (Å²) in [5.74, 6) is -1.44. The standard InChI is InChI=1S/C75H142O17P2/c1-6-9-12-15-18-21-24-27-30-33-35-38-43-48-53-58-72(77)85-64-70(91-74(79)61-56-51-45-40-37-34-31-28-25-22-19-16-13-10-7-2)66-89-93(81,82)87-62-69(76)63-88-94(83,84)90-67-71(65-86-73(78)59-54-49-46-41-42-47-52-57-68(4)5)92-75(80)60-55-50-44-39-36-32-29-26-23-20-17-14-11-8-3/h22,25,28,31,68-71,76H,6-21,23-24,26-27,29-30,32-67H2,1-5H3,(H,81,82)(H,83,84)/b25-22-,31-28-/t69-,70-,71-/m1/s1. The fourth-order valence-electron chi connectivity index (χ4n) is 11.0. The molecule has 5 atom stereocenters. The average Bonchev–Trinajstić information content (AvgIpc) is 1.37. The fourth-order valence-corrected chi connectivity index (χ4v) is 12.6. The van der Waals surface area contributed by atoms with Gasteiger partial charge in [0, 0.05) is 25.7 Å². The molecule has 0 fully saturated rings. The number of aliphatic hydroxyl groups excluding tert-OH is 1. The quantitative estimate of drug-likeness (QED) is 0.0169.